The van der Waals surface area contributed by atoms with E-state index in [4.69, 9.17) is 33.0 Å². The Kier molecular flexibility index (Phi) is 4.04. The highest BCUT2D eigenvalue weighted by Gasteiger charge is 2.15. The molecule has 0 amide bonds. The Bertz CT molecular complexity index is 632. The number of unbranched alkanes of at least 4 members (excludes halogenated alkanes) is 1. The summed E-state index contributed by atoms with van der Waals surface area (Å²) in [5.41, 5.74) is 1.03. The van der Waals surface area contributed by atoms with Crippen molar-refractivity contribution in [1.29, 1.82) is 0 Å². The fourth-order valence-electron chi connectivity index (χ4n) is 1.53. The summed E-state index contributed by atoms with van der Waals surface area (Å²) in [6.45, 7) is 2.39. The molecule has 0 aliphatic heterocycles. The zero-order valence-electron chi connectivity index (χ0n) is 9.81. The molecule has 0 atom stereocenters. The van der Waals surface area contributed by atoms with Crippen molar-refractivity contribution in [3.8, 4) is 0 Å². The van der Waals surface area contributed by atoms with Gasteiger partial charge in [0.05, 0.1) is 6.61 Å². The average molecular weight is 286 g/mol. The smallest absolute Gasteiger partial charge is 0.422 e. The first-order valence-electron chi connectivity index (χ1n) is 5.61. The van der Waals surface area contributed by atoms with Gasteiger partial charge in [0.1, 0.15) is 5.52 Å². The topological polar surface area (TPSA) is 44.4 Å². The van der Waals surface area contributed by atoms with Crippen molar-refractivity contribution in [1.82, 2.24) is 4.57 Å². The lowest BCUT2D eigenvalue weighted by Gasteiger charge is -2.04. The second-order valence-electron chi connectivity index (χ2n) is 3.78. The van der Waals surface area contributed by atoms with E-state index in [0.717, 1.165) is 12.8 Å². The van der Waals surface area contributed by atoms with Gasteiger partial charge in [-0.15, -0.1) is 0 Å². The highest BCUT2D eigenvalue weighted by Crippen LogP contribution is 2.22. The van der Waals surface area contributed by atoms with Gasteiger partial charge in [-0.1, -0.05) is 24.9 Å². The van der Waals surface area contributed by atoms with E-state index < -0.39 is 6.09 Å². The monoisotopic (exact) mass is 285 g/mol. The van der Waals surface area contributed by atoms with E-state index in [2.05, 4.69) is 0 Å². The molecule has 4 nitrogen and oxygen atoms in total. The molecule has 0 aliphatic rings. The van der Waals surface area contributed by atoms with Gasteiger partial charge in [-0.05, 0) is 36.8 Å². The van der Waals surface area contributed by atoms with Gasteiger partial charge < -0.3 is 9.15 Å². The van der Waals surface area contributed by atoms with Crippen LogP contribution < -0.4 is 0 Å². The quantitative estimate of drug-likeness (QED) is 0.619. The summed E-state index contributed by atoms with van der Waals surface area (Å²) < 4.78 is 11.6. The van der Waals surface area contributed by atoms with E-state index in [0.29, 0.717) is 22.7 Å². The molecular formula is C12H12ClNO3S. The van der Waals surface area contributed by atoms with Gasteiger partial charge in [0.25, 0.3) is 4.84 Å². The molecule has 2 aromatic rings. The number of hydrogen-bond acceptors (Lipinski definition) is 4. The molecule has 0 aliphatic carbocycles. The molecular weight excluding hydrogens is 274 g/mol. The second-order valence-corrected chi connectivity index (χ2v) is 4.57. The first-order chi connectivity index (χ1) is 8.63. The van der Waals surface area contributed by atoms with Crippen LogP contribution in [0.2, 0.25) is 5.02 Å². The molecule has 0 fully saturated rings. The molecule has 0 unspecified atom stereocenters. The number of carbonyl (C=O) groups excluding carboxylic acids is 1. The number of benzene rings is 1. The van der Waals surface area contributed by atoms with Crippen LogP contribution in [0.1, 0.15) is 19.8 Å². The number of hydrogen-bond donors (Lipinski definition) is 0. The summed E-state index contributed by atoms with van der Waals surface area (Å²) in [5, 5.41) is 0.508. The summed E-state index contributed by atoms with van der Waals surface area (Å²) in [6, 6.07) is 4.97. The standard InChI is InChI=1S/C12H12ClNO3S/c1-2-3-6-16-11(15)14-9-7-8(13)4-5-10(9)17-12(14)18/h4-5,7H,2-3,6H2,1H3. The number of nitrogens with zero attached hydrogens (tertiary/aromatic N) is 1. The Hall–Kier alpha value is -1.33. The number of aromatic nitrogens is 1. The lowest BCUT2D eigenvalue weighted by molar-refractivity contribution is 0.146. The van der Waals surface area contributed by atoms with Crippen molar-refractivity contribution in [2.24, 2.45) is 0 Å². The van der Waals surface area contributed by atoms with Gasteiger partial charge in [-0.3, -0.25) is 0 Å². The third kappa shape index (κ3) is 2.57. The number of ether oxygens (including phenoxy) is 1. The fourth-order valence-corrected chi connectivity index (χ4v) is 1.96. The Labute approximate surface area is 114 Å². The minimum absolute atomic E-state index is 0.0637. The molecule has 96 valence electrons. The van der Waals surface area contributed by atoms with E-state index in [-0.39, 0.29) is 4.84 Å². The highest BCUT2D eigenvalue weighted by molar-refractivity contribution is 7.71. The van der Waals surface area contributed by atoms with Crippen LogP contribution in [0.3, 0.4) is 0 Å². The normalized spacial score (nSPS) is 10.8. The van der Waals surface area contributed by atoms with Crippen LogP contribution in [0.15, 0.2) is 22.6 Å². The highest BCUT2D eigenvalue weighted by atomic mass is 35.5. The molecule has 0 saturated heterocycles. The third-order valence-corrected chi connectivity index (χ3v) is 2.95. The Morgan fingerprint density at radius 3 is 3.06 bits per heavy atom. The third-order valence-electron chi connectivity index (χ3n) is 2.45. The second kappa shape index (κ2) is 5.54. The molecule has 0 spiro atoms. The minimum atomic E-state index is -0.533. The summed E-state index contributed by atoms with van der Waals surface area (Å²) in [5.74, 6) is 0. The SMILES string of the molecule is CCCCOC(=O)n1c(=S)oc2ccc(Cl)cc21. The van der Waals surface area contributed by atoms with Crippen molar-refractivity contribution in [2.45, 2.75) is 19.8 Å². The molecule has 1 aromatic carbocycles. The van der Waals surface area contributed by atoms with Crippen LogP contribution >= 0.6 is 23.8 Å². The summed E-state index contributed by atoms with van der Waals surface area (Å²) >= 11 is 10.9. The number of rotatable bonds is 3. The van der Waals surface area contributed by atoms with E-state index in [9.17, 15) is 4.79 Å². The van der Waals surface area contributed by atoms with Gasteiger partial charge in [-0.2, -0.15) is 0 Å². The van der Waals surface area contributed by atoms with Gasteiger partial charge in [0.2, 0.25) is 0 Å². The first kappa shape index (κ1) is 13.1. The molecule has 6 heteroatoms. The van der Waals surface area contributed by atoms with Crippen molar-refractivity contribution in [2.75, 3.05) is 6.61 Å². The zero-order chi connectivity index (χ0) is 13.1. The van der Waals surface area contributed by atoms with Gasteiger partial charge in [-0.25, -0.2) is 9.36 Å². The van der Waals surface area contributed by atoms with Crippen molar-refractivity contribution >= 4 is 41.0 Å². The number of halogens is 1. The minimum Gasteiger partial charge on any atom is -0.449 e. The lowest BCUT2D eigenvalue weighted by Crippen LogP contribution is -2.14. The van der Waals surface area contributed by atoms with Gasteiger partial charge in [0, 0.05) is 5.02 Å². The summed E-state index contributed by atoms with van der Waals surface area (Å²) in [4.78, 5) is 12.0. The van der Waals surface area contributed by atoms with Crippen LogP contribution in [0.5, 0.6) is 0 Å². The van der Waals surface area contributed by atoms with Crippen molar-refractivity contribution in [3.63, 3.8) is 0 Å². The number of carbonyl (C=O) groups is 1. The predicted octanol–water partition coefficient (Wildman–Crippen LogP) is 4.40. The molecule has 18 heavy (non-hydrogen) atoms. The number of oxazole rings is 1. The Morgan fingerprint density at radius 2 is 2.33 bits per heavy atom. The molecule has 1 heterocycles. The Balaban J connectivity index is 2.37. The maximum absolute atomic E-state index is 11.9. The van der Waals surface area contributed by atoms with Crippen LogP contribution in [-0.4, -0.2) is 17.3 Å². The van der Waals surface area contributed by atoms with Crippen molar-refractivity contribution in [3.05, 3.63) is 28.1 Å². The molecule has 0 radical (unpaired) electrons. The van der Waals surface area contributed by atoms with Crippen LogP contribution in [0.25, 0.3) is 11.1 Å². The zero-order valence-corrected chi connectivity index (χ0v) is 11.4. The van der Waals surface area contributed by atoms with Crippen LogP contribution in [0.4, 0.5) is 4.79 Å². The van der Waals surface area contributed by atoms with Crippen molar-refractivity contribution < 1.29 is 13.9 Å². The number of fused-ring (bicyclic) bond motifs is 1. The van der Waals surface area contributed by atoms with Crippen LogP contribution in [-0.2, 0) is 4.74 Å². The average Bonchev–Trinajstić information content (AvgIpc) is 2.64. The molecule has 0 N–H and O–H groups in total. The summed E-state index contributed by atoms with van der Waals surface area (Å²) in [7, 11) is 0. The molecule has 0 bridgehead atoms. The van der Waals surface area contributed by atoms with E-state index in [1.807, 2.05) is 6.92 Å². The first-order valence-corrected chi connectivity index (χ1v) is 6.40. The molecule has 0 saturated carbocycles. The predicted molar refractivity (Wildman–Crippen MR) is 71.7 cm³/mol. The lowest BCUT2D eigenvalue weighted by atomic mass is 10.3. The largest absolute Gasteiger partial charge is 0.449 e. The van der Waals surface area contributed by atoms with E-state index >= 15 is 0 Å². The summed E-state index contributed by atoms with van der Waals surface area (Å²) in [6.07, 6.45) is 1.24. The van der Waals surface area contributed by atoms with E-state index in [1.165, 1.54) is 4.57 Å². The fraction of sp³-hybridized carbons (Fsp3) is 0.333. The van der Waals surface area contributed by atoms with Gasteiger partial charge >= 0.3 is 6.09 Å². The van der Waals surface area contributed by atoms with Crippen LogP contribution in [0, 0.1) is 4.84 Å². The van der Waals surface area contributed by atoms with Gasteiger partial charge in [0.15, 0.2) is 5.58 Å². The Morgan fingerprint density at radius 1 is 1.56 bits per heavy atom. The van der Waals surface area contributed by atoms with E-state index in [1.54, 1.807) is 18.2 Å². The maximum atomic E-state index is 11.9. The molecule has 1 aromatic heterocycles. The maximum Gasteiger partial charge on any atom is 0.422 e. The molecule has 2 rings (SSSR count).